The van der Waals surface area contributed by atoms with Crippen LogP contribution in [0.4, 0.5) is 5.82 Å². The van der Waals surface area contributed by atoms with E-state index in [0.717, 1.165) is 29.1 Å². The number of anilines is 1. The van der Waals surface area contributed by atoms with Crippen LogP contribution in [0.5, 0.6) is 0 Å². The standard InChI is InChI=1S/C17H23N5O3S/c1-4-21-11(3)14(8-18-21)13-7-15(23)19-17-16(13)10(2)20-22(17)12-5-6-26(24,25)9-12/h8,12-13H,4-7,9H2,1-3H3,(H,19,23)/t12-,13-/m0/s1. The van der Waals surface area contributed by atoms with E-state index in [2.05, 4.69) is 15.5 Å². The van der Waals surface area contributed by atoms with Crippen molar-refractivity contribution in [2.45, 2.75) is 52.1 Å². The van der Waals surface area contributed by atoms with Crippen LogP contribution in [0.1, 0.15) is 54.2 Å². The van der Waals surface area contributed by atoms with Crippen molar-refractivity contribution in [3.05, 3.63) is 28.7 Å². The summed E-state index contributed by atoms with van der Waals surface area (Å²) >= 11 is 0. The molecule has 4 heterocycles. The normalized spacial score (nSPS) is 24.5. The number of hydrogen-bond donors (Lipinski definition) is 1. The number of carbonyl (C=O) groups is 1. The predicted molar refractivity (Wildman–Crippen MR) is 97.0 cm³/mol. The Bertz CT molecular complexity index is 988. The molecule has 2 aromatic rings. The van der Waals surface area contributed by atoms with Crippen LogP contribution >= 0.6 is 0 Å². The van der Waals surface area contributed by atoms with Gasteiger partial charge in [-0.05, 0) is 27.2 Å². The van der Waals surface area contributed by atoms with Gasteiger partial charge >= 0.3 is 0 Å². The van der Waals surface area contributed by atoms with Gasteiger partial charge in [0.1, 0.15) is 5.82 Å². The molecule has 2 aliphatic rings. The van der Waals surface area contributed by atoms with Crippen molar-refractivity contribution in [1.82, 2.24) is 19.6 Å². The van der Waals surface area contributed by atoms with Crippen molar-refractivity contribution in [2.75, 3.05) is 16.8 Å². The van der Waals surface area contributed by atoms with Gasteiger partial charge in [0.05, 0.1) is 29.4 Å². The highest BCUT2D eigenvalue weighted by Crippen LogP contribution is 2.42. The maximum Gasteiger partial charge on any atom is 0.226 e. The second-order valence-corrected chi connectivity index (χ2v) is 9.38. The van der Waals surface area contributed by atoms with E-state index in [1.807, 2.05) is 31.6 Å². The number of aromatic nitrogens is 4. The van der Waals surface area contributed by atoms with Crippen LogP contribution in [0.25, 0.3) is 0 Å². The monoisotopic (exact) mass is 377 g/mol. The topological polar surface area (TPSA) is 98.9 Å². The van der Waals surface area contributed by atoms with Crippen LogP contribution in [0.2, 0.25) is 0 Å². The number of amides is 1. The molecule has 0 aliphatic carbocycles. The molecule has 4 rings (SSSR count). The molecule has 1 N–H and O–H groups in total. The first-order valence-electron chi connectivity index (χ1n) is 8.92. The molecule has 26 heavy (non-hydrogen) atoms. The first kappa shape index (κ1) is 17.3. The average molecular weight is 377 g/mol. The molecule has 0 spiro atoms. The van der Waals surface area contributed by atoms with Crippen LogP contribution in [-0.2, 0) is 21.2 Å². The molecular weight excluding hydrogens is 354 g/mol. The summed E-state index contributed by atoms with van der Waals surface area (Å²) in [4.78, 5) is 12.4. The van der Waals surface area contributed by atoms with Gasteiger partial charge in [0.25, 0.3) is 0 Å². The van der Waals surface area contributed by atoms with Gasteiger partial charge in [0.2, 0.25) is 5.91 Å². The minimum absolute atomic E-state index is 0.0758. The minimum atomic E-state index is -3.03. The van der Waals surface area contributed by atoms with E-state index < -0.39 is 9.84 Å². The lowest BCUT2D eigenvalue weighted by molar-refractivity contribution is -0.116. The largest absolute Gasteiger partial charge is 0.311 e. The lowest BCUT2D eigenvalue weighted by Crippen LogP contribution is -2.26. The highest BCUT2D eigenvalue weighted by Gasteiger charge is 2.38. The molecule has 8 nitrogen and oxygen atoms in total. The van der Waals surface area contributed by atoms with Gasteiger partial charge in [-0.25, -0.2) is 13.1 Å². The summed E-state index contributed by atoms with van der Waals surface area (Å²) in [5.41, 5.74) is 3.89. The van der Waals surface area contributed by atoms with E-state index >= 15 is 0 Å². The van der Waals surface area contributed by atoms with Crippen LogP contribution in [0.15, 0.2) is 6.20 Å². The Labute approximate surface area is 152 Å². The van der Waals surface area contributed by atoms with E-state index in [1.165, 1.54) is 0 Å². The molecule has 0 bridgehead atoms. The Balaban J connectivity index is 1.81. The van der Waals surface area contributed by atoms with E-state index in [9.17, 15) is 13.2 Å². The molecule has 0 radical (unpaired) electrons. The number of hydrogen-bond acceptors (Lipinski definition) is 5. The van der Waals surface area contributed by atoms with E-state index in [1.54, 1.807) is 4.68 Å². The van der Waals surface area contributed by atoms with Crippen molar-refractivity contribution in [1.29, 1.82) is 0 Å². The number of sulfone groups is 1. The maximum absolute atomic E-state index is 12.4. The van der Waals surface area contributed by atoms with Crippen molar-refractivity contribution in [2.24, 2.45) is 0 Å². The third-order valence-corrected chi connectivity index (χ3v) is 7.25. The first-order chi connectivity index (χ1) is 12.3. The molecule has 2 aliphatic heterocycles. The zero-order chi connectivity index (χ0) is 18.6. The molecule has 2 aromatic heterocycles. The van der Waals surface area contributed by atoms with E-state index in [0.29, 0.717) is 18.7 Å². The van der Waals surface area contributed by atoms with Crippen LogP contribution in [0.3, 0.4) is 0 Å². The van der Waals surface area contributed by atoms with Gasteiger partial charge in [0.15, 0.2) is 9.84 Å². The fourth-order valence-electron chi connectivity index (χ4n) is 4.19. The summed E-state index contributed by atoms with van der Waals surface area (Å²) in [5.74, 6) is 0.715. The summed E-state index contributed by atoms with van der Waals surface area (Å²) in [7, 11) is -3.03. The first-order valence-corrected chi connectivity index (χ1v) is 10.7. The molecule has 1 saturated heterocycles. The molecule has 1 fully saturated rings. The van der Waals surface area contributed by atoms with Crippen molar-refractivity contribution < 1.29 is 13.2 Å². The van der Waals surface area contributed by atoms with Crippen molar-refractivity contribution in [3.63, 3.8) is 0 Å². The smallest absolute Gasteiger partial charge is 0.226 e. The predicted octanol–water partition coefficient (Wildman–Crippen LogP) is 1.55. The second kappa shape index (κ2) is 5.94. The third-order valence-electron chi connectivity index (χ3n) is 5.50. The summed E-state index contributed by atoms with van der Waals surface area (Å²) in [6.07, 6.45) is 2.71. The quantitative estimate of drug-likeness (QED) is 0.875. The highest BCUT2D eigenvalue weighted by atomic mass is 32.2. The lowest BCUT2D eigenvalue weighted by Gasteiger charge is -2.25. The number of nitrogens with zero attached hydrogens (tertiary/aromatic N) is 4. The molecule has 9 heteroatoms. The Morgan fingerprint density at radius 3 is 2.73 bits per heavy atom. The molecule has 2 atom stereocenters. The Hall–Kier alpha value is -2.16. The number of aryl methyl sites for hydroxylation is 2. The number of fused-ring (bicyclic) bond motifs is 1. The fraction of sp³-hybridized carbons (Fsp3) is 0.588. The zero-order valence-corrected chi connectivity index (χ0v) is 16.0. The molecule has 140 valence electrons. The van der Waals surface area contributed by atoms with Gasteiger partial charge in [-0.1, -0.05) is 0 Å². The fourth-order valence-corrected chi connectivity index (χ4v) is 5.88. The SMILES string of the molecule is CCn1ncc([C@@H]2CC(=O)Nc3c2c(C)nn3[C@H]2CCS(=O)(=O)C2)c1C. The number of nitrogens with one attached hydrogen (secondary N) is 1. The molecule has 0 unspecified atom stereocenters. The van der Waals surface area contributed by atoms with Gasteiger partial charge in [-0.2, -0.15) is 10.2 Å². The maximum atomic E-state index is 12.4. The van der Waals surface area contributed by atoms with E-state index in [4.69, 9.17) is 0 Å². The summed E-state index contributed by atoms with van der Waals surface area (Å²) in [5, 5.41) is 12.0. The van der Waals surface area contributed by atoms with Gasteiger partial charge in [0, 0.05) is 35.7 Å². The zero-order valence-electron chi connectivity index (χ0n) is 15.2. The molecular formula is C17H23N5O3S. The van der Waals surface area contributed by atoms with Crippen molar-refractivity contribution in [3.8, 4) is 0 Å². The highest BCUT2D eigenvalue weighted by molar-refractivity contribution is 7.91. The molecule has 0 aromatic carbocycles. The van der Waals surface area contributed by atoms with Gasteiger partial charge in [-0.15, -0.1) is 0 Å². The second-order valence-electron chi connectivity index (χ2n) is 7.16. The number of rotatable bonds is 3. The van der Waals surface area contributed by atoms with E-state index in [-0.39, 0.29) is 29.4 Å². The average Bonchev–Trinajstić information content (AvgIpc) is 3.22. The summed E-state index contributed by atoms with van der Waals surface area (Å²) < 4.78 is 27.4. The molecule has 0 saturated carbocycles. The third kappa shape index (κ3) is 2.65. The lowest BCUT2D eigenvalue weighted by atomic mass is 9.86. The summed E-state index contributed by atoms with van der Waals surface area (Å²) in [6, 6.07) is -0.221. The summed E-state index contributed by atoms with van der Waals surface area (Å²) in [6.45, 7) is 6.74. The molecule has 1 amide bonds. The van der Waals surface area contributed by atoms with Crippen molar-refractivity contribution >= 4 is 21.6 Å². The Morgan fingerprint density at radius 2 is 2.12 bits per heavy atom. The van der Waals surface area contributed by atoms with Gasteiger partial charge < -0.3 is 5.32 Å². The minimum Gasteiger partial charge on any atom is -0.311 e. The Kier molecular flexibility index (Phi) is 3.94. The van der Waals surface area contributed by atoms with Crippen LogP contribution in [0, 0.1) is 13.8 Å². The number of carbonyl (C=O) groups excluding carboxylic acids is 1. The van der Waals surface area contributed by atoms with Crippen LogP contribution in [-0.4, -0.2) is 45.4 Å². The Morgan fingerprint density at radius 1 is 1.35 bits per heavy atom. The van der Waals surface area contributed by atoms with Crippen LogP contribution < -0.4 is 5.32 Å². The van der Waals surface area contributed by atoms with Gasteiger partial charge in [-0.3, -0.25) is 9.48 Å².